The molecular weight excluding hydrogens is 170 g/mol. The average Bonchev–Trinajstić information content (AvgIpc) is 2.34. The van der Waals surface area contributed by atoms with Gasteiger partial charge in [0, 0.05) is 13.0 Å². The SMILES string of the molecule is COC(=O)[C@H]1C[C@@H](O)CN1.Cl. The second kappa shape index (κ2) is 4.54. The van der Waals surface area contributed by atoms with Crippen molar-refractivity contribution >= 4 is 18.4 Å². The molecule has 1 fully saturated rings. The van der Waals surface area contributed by atoms with Crippen molar-refractivity contribution in [2.24, 2.45) is 0 Å². The van der Waals surface area contributed by atoms with E-state index in [1.54, 1.807) is 0 Å². The number of β-amino-alcohol motifs (C(OH)–C–C–N with tert-alkyl or cyclic N) is 1. The van der Waals surface area contributed by atoms with E-state index in [4.69, 9.17) is 5.11 Å². The van der Waals surface area contributed by atoms with Crippen LogP contribution in [0.1, 0.15) is 6.42 Å². The number of methoxy groups -OCH3 is 1. The molecule has 1 heterocycles. The van der Waals surface area contributed by atoms with Crippen LogP contribution in [0.3, 0.4) is 0 Å². The fourth-order valence-corrected chi connectivity index (χ4v) is 1.04. The van der Waals surface area contributed by atoms with E-state index >= 15 is 0 Å². The van der Waals surface area contributed by atoms with Crippen molar-refractivity contribution in [1.82, 2.24) is 5.32 Å². The molecule has 0 bridgehead atoms. The Morgan fingerprint density at radius 3 is 2.73 bits per heavy atom. The van der Waals surface area contributed by atoms with Gasteiger partial charge in [-0.15, -0.1) is 12.4 Å². The summed E-state index contributed by atoms with van der Waals surface area (Å²) in [5, 5.41) is 11.8. The Kier molecular flexibility index (Phi) is 4.40. The number of nitrogens with one attached hydrogen (secondary N) is 1. The third-order valence-electron chi connectivity index (χ3n) is 1.59. The molecule has 0 radical (unpaired) electrons. The van der Waals surface area contributed by atoms with Crippen molar-refractivity contribution < 1.29 is 14.6 Å². The molecule has 2 N–H and O–H groups in total. The van der Waals surface area contributed by atoms with Crippen LogP contribution < -0.4 is 5.32 Å². The highest BCUT2D eigenvalue weighted by Crippen LogP contribution is 2.06. The van der Waals surface area contributed by atoms with Gasteiger partial charge in [0.2, 0.25) is 0 Å². The Hall–Kier alpha value is -0.320. The molecule has 1 aliphatic heterocycles. The third-order valence-corrected chi connectivity index (χ3v) is 1.59. The van der Waals surface area contributed by atoms with Crippen LogP contribution in [0.15, 0.2) is 0 Å². The van der Waals surface area contributed by atoms with Gasteiger partial charge in [-0.3, -0.25) is 4.79 Å². The molecule has 1 saturated heterocycles. The molecule has 0 spiro atoms. The standard InChI is InChI=1S/C6H11NO3.ClH/c1-10-6(9)5-2-4(8)3-7-5;/h4-5,7-8H,2-3H2,1H3;1H/t4-,5-;/m1./s1. The van der Waals surface area contributed by atoms with Gasteiger partial charge in [0.15, 0.2) is 0 Å². The zero-order valence-corrected chi connectivity index (χ0v) is 7.06. The minimum absolute atomic E-state index is 0. The zero-order chi connectivity index (χ0) is 7.56. The van der Waals surface area contributed by atoms with Crippen molar-refractivity contribution in [3.8, 4) is 0 Å². The number of rotatable bonds is 1. The van der Waals surface area contributed by atoms with E-state index in [2.05, 4.69) is 10.1 Å². The maximum Gasteiger partial charge on any atom is 0.322 e. The molecule has 5 heteroatoms. The largest absolute Gasteiger partial charge is 0.468 e. The fourth-order valence-electron chi connectivity index (χ4n) is 1.04. The first-order chi connectivity index (χ1) is 4.74. The Bertz CT molecular complexity index is 142. The number of hydrogen-bond donors (Lipinski definition) is 2. The minimum atomic E-state index is -0.399. The summed E-state index contributed by atoms with van der Waals surface area (Å²) in [6.45, 7) is 0.486. The molecule has 0 unspecified atom stereocenters. The van der Waals surface area contributed by atoms with E-state index < -0.39 is 6.10 Å². The first kappa shape index (κ1) is 10.7. The molecule has 66 valence electrons. The van der Waals surface area contributed by atoms with Crippen molar-refractivity contribution in [1.29, 1.82) is 0 Å². The number of aliphatic hydroxyl groups excluding tert-OH is 1. The Morgan fingerprint density at radius 2 is 2.36 bits per heavy atom. The lowest BCUT2D eigenvalue weighted by Crippen LogP contribution is -2.31. The molecule has 0 aromatic heterocycles. The summed E-state index contributed by atoms with van der Waals surface area (Å²) in [5.41, 5.74) is 0. The maximum absolute atomic E-state index is 10.8. The molecule has 0 amide bonds. The summed E-state index contributed by atoms with van der Waals surface area (Å²) >= 11 is 0. The Morgan fingerprint density at radius 1 is 1.73 bits per heavy atom. The van der Waals surface area contributed by atoms with Gasteiger partial charge in [0.05, 0.1) is 13.2 Å². The van der Waals surface area contributed by atoms with Gasteiger partial charge in [-0.2, -0.15) is 0 Å². The summed E-state index contributed by atoms with van der Waals surface area (Å²) in [5.74, 6) is -0.295. The van der Waals surface area contributed by atoms with Crippen LogP contribution in [-0.4, -0.2) is 36.9 Å². The van der Waals surface area contributed by atoms with E-state index in [9.17, 15) is 4.79 Å². The molecule has 11 heavy (non-hydrogen) atoms. The predicted molar refractivity (Wildman–Crippen MR) is 41.7 cm³/mol. The molecule has 0 aromatic carbocycles. The summed E-state index contributed by atoms with van der Waals surface area (Å²) in [6, 6.07) is -0.306. The van der Waals surface area contributed by atoms with Gasteiger partial charge < -0.3 is 15.2 Å². The normalized spacial score (nSPS) is 29.3. The number of ether oxygens (including phenoxy) is 1. The van der Waals surface area contributed by atoms with Crippen LogP contribution in [0.2, 0.25) is 0 Å². The zero-order valence-electron chi connectivity index (χ0n) is 6.24. The van der Waals surface area contributed by atoms with Gasteiger partial charge in [-0.05, 0) is 0 Å². The Labute approximate surface area is 71.3 Å². The van der Waals surface area contributed by atoms with Crippen LogP contribution in [0, 0.1) is 0 Å². The highest BCUT2D eigenvalue weighted by molar-refractivity contribution is 5.85. The van der Waals surface area contributed by atoms with Crippen molar-refractivity contribution in [2.75, 3.05) is 13.7 Å². The first-order valence-electron chi connectivity index (χ1n) is 3.23. The molecule has 1 aliphatic rings. The number of carbonyl (C=O) groups excluding carboxylic acids is 1. The minimum Gasteiger partial charge on any atom is -0.468 e. The third kappa shape index (κ3) is 2.65. The Balaban J connectivity index is 0.000001000. The van der Waals surface area contributed by atoms with Crippen molar-refractivity contribution in [3.63, 3.8) is 0 Å². The maximum atomic E-state index is 10.8. The molecule has 0 aliphatic carbocycles. The van der Waals surface area contributed by atoms with Gasteiger partial charge >= 0.3 is 5.97 Å². The number of halogens is 1. The molecular formula is C6H12ClNO3. The number of aliphatic hydroxyl groups is 1. The molecule has 0 saturated carbocycles. The van der Waals surface area contributed by atoms with Gasteiger partial charge in [-0.25, -0.2) is 0 Å². The second-order valence-corrected chi connectivity index (χ2v) is 2.37. The molecule has 0 aromatic rings. The summed E-state index contributed by atoms with van der Waals surface area (Å²) in [6.07, 6.45) is 0.0660. The predicted octanol–water partition coefficient (Wildman–Crippen LogP) is -0.696. The highest BCUT2D eigenvalue weighted by Gasteiger charge is 2.28. The lowest BCUT2D eigenvalue weighted by atomic mass is 10.2. The number of esters is 1. The van der Waals surface area contributed by atoms with Crippen LogP contribution in [-0.2, 0) is 9.53 Å². The quantitative estimate of drug-likeness (QED) is 0.526. The van der Waals surface area contributed by atoms with Crippen molar-refractivity contribution in [2.45, 2.75) is 18.6 Å². The van der Waals surface area contributed by atoms with Gasteiger partial charge in [-0.1, -0.05) is 0 Å². The van der Waals surface area contributed by atoms with E-state index in [1.807, 2.05) is 0 Å². The summed E-state index contributed by atoms with van der Waals surface area (Å²) < 4.78 is 4.47. The van der Waals surface area contributed by atoms with Gasteiger partial charge in [0.1, 0.15) is 6.04 Å². The smallest absolute Gasteiger partial charge is 0.322 e. The first-order valence-corrected chi connectivity index (χ1v) is 3.23. The monoisotopic (exact) mass is 181 g/mol. The molecule has 2 atom stereocenters. The second-order valence-electron chi connectivity index (χ2n) is 2.37. The summed E-state index contributed by atoms with van der Waals surface area (Å²) in [4.78, 5) is 10.8. The average molecular weight is 182 g/mol. The highest BCUT2D eigenvalue weighted by atomic mass is 35.5. The number of hydrogen-bond acceptors (Lipinski definition) is 4. The molecule has 1 rings (SSSR count). The fraction of sp³-hybridized carbons (Fsp3) is 0.833. The van der Waals surface area contributed by atoms with Gasteiger partial charge in [0.25, 0.3) is 0 Å². The van der Waals surface area contributed by atoms with Crippen LogP contribution in [0.5, 0.6) is 0 Å². The van der Waals surface area contributed by atoms with E-state index in [1.165, 1.54) is 7.11 Å². The lowest BCUT2D eigenvalue weighted by Gasteiger charge is -2.05. The van der Waals surface area contributed by atoms with E-state index in [0.717, 1.165) is 0 Å². The van der Waals surface area contributed by atoms with E-state index in [-0.39, 0.29) is 24.4 Å². The van der Waals surface area contributed by atoms with E-state index in [0.29, 0.717) is 13.0 Å². The molecule has 4 nitrogen and oxygen atoms in total. The van der Waals surface area contributed by atoms with Crippen LogP contribution in [0.25, 0.3) is 0 Å². The van der Waals surface area contributed by atoms with Crippen LogP contribution in [0.4, 0.5) is 0 Å². The number of carbonyl (C=O) groups is 1. The van der Waals surface area contributed by atoms with Crippen molar-refractivity contribution in [3.05, 3.63) is 0 Å². The lowest BCUT2D eigenvalue weighted by molar-refractivity contribution is -0.142. The van der Waals surface area contributed by atoms with Crippen LogP contribution >= 0.6 is 12.4 Å². The summed E-state index contributed by atoms with van der Waals surface area (Å²) in [7, 11) is 1.34. The topological polar surface area (TPSA) is 58.6 Å².